The minimum absolute atomic E-state index is 0.155. The van der Waals surface area contributed by atoms with Crippen molar-refractivity contribution in [2.45, 2.75) is 18.7 Å². The molecule has 32 heavy (non-hydrogen) atoms. The third kappa shape index (κ3) is 5.20. The van der Waals surface area contributed by atoms with Crippen LogP contribution >= 0.6 is 0 Å². The summed E-state index contributed by atoms with van der Waals surface area (Å²) >= 11 is 0. The number of nitrogens with zero attached hydrogens (tertiary/aromatic N) is 1. The highest BCUT2D eigenvalue weighted by molar-refractivity contribution is 7.93. The number of carbonyl (C=O) groups excluding carboxylic acids is 1. The van der Waals surface area contributed by atoms with Crippen molar-refractivity contribution in [3.05, 3.63) is 77.9 Å². The standard InChI is InChI=1S/C24H26N2O5S/c1-17-8-9-18(2)23(14-17)32(28,29)26(20-10-12-21(30-3)13-11-20)16-24(27)25-19-6-5-7-22(15-19)31-4/h5-15H,16H2,1-4H3,(H,25,27). The highest BCUT2D eigenvalue weighted by Gasteiger charge is 2.29. The summed E-state index contributed by atoms with van der Waals surface area (Å²) in [6.07, 6.45) is 0. The number of hydrogen-bond donors (Lipinski definition) is 1. The van der Waals surface area contributed by atoms with Gasteiger partial charge >= 0.3 is 0 Å². The molecule has 0 saturated carbocycles. The van der Waals surface area contributed by atoms with Gasteiger partial charge in [-0.1, -0.05) is 18.2 Å². The molecule has 0 radical (unpaired) electrons. The van der Waals surface area contributed by atoms with Crippen LogP contribution in [0.2, 0.25) is 0 Å². The van der Waals surface area contributed by atoms with Crippen molar-refractivity contribution in [1.29, 1.82) is 0 Å². The maximum atomic E-state index is 13.6. The van der Waals surface area contributed by atoms with Gasteiger partial charge in [0, 0.05) is 11.8 Å². The summed E-state index contributed by atoms with van der Waals surface area (Å²) in [5.74, 6) is 0.680. The van der Waals surface area contributed by atoms with Gasteiger partial charge in [-0.2, -0.15) is 0 Å². The normalized spacial score (nSPS) is 11.0. The zero-order chi connectivity index (χ0) is 23.3. The molecular weight excluding hydrogens is 428 g/mol. The first-order valence-corrected chi connectivity index (χ1v) is 11.4. The van der Waals surface area contributed by atoms with E-state index in [1.807, 2.05) is 13.0 Å². The van der Waals surface area contributed by atoms with E-state index in [4.69, 9.17) is 9.47 Å². The number of benzene rings is 3. The van der Waals surface area contributed by atoms with Crippen LogP contribution in [0.4, 0.5) is 11.4 Å². The molecule has 0 spiro atoms. The van der Waals surface area contributed by atoms with E-state index in [0.717, 1.165) is 9.87 Å². The van der Waals surface area contributed by atoms with Gasteiger partial charge < -0.3 is 14.8 Å². The Balaban J connectivity index is 1.98. The van der Waals surface area contributed by atoms with Gasteiger partial charge in [0.25, 0.3) is 10.0 Å². The Morgan fingerprint density at radius 2 is 1.59 bits per heavy atom. The third-order valence-corrected chi connectivity index (χ3v) is 6.83. The van der Waals surface area contributed by atoms with Crippen molar-refractivity contribution in [3.63, 3.8) is 0 Å². The topological polar surface area (TPSA) is 84.9 Å². The molecule has 0 aliphatic rings. The number of sulfonamides is 1. The summed E-state index contributed by atoms with van der Waals surface area (Å²) in [6, 6.07) is 18.6. The second-order valence-electron chi connectivity index (χ2n) is 7.26. The average molecular weight is 455 g/mol. The Kier molecular flexibility index (Phi) is 7.05. The fourth-order valence-corrected chi connectivity index (χ4v) is 4.93. The molecule has 0 heterocycles. The van der Waals surface area contributed by atoms with Gasteiger partial charge in [-0.25, -0.2) is 8.42 Å². The van der Waals surface area contributed by atoms with E-state index in [0.29, 0.717) is 28.4 Å². The molecule has 0 aliphatic heterocycles. The summed E-state index contributed by atoms with van der Waals surface area (Å²) in [4.78, 5) is 13.0. The second kappa shape index (κ2) is 9.74. The zero-order valence-corrected chi connectivity index (χ0v) is 19.3. The van der Waals surface area contributed by atoms with E-state index in [-0.39, 0.29) is 4.90 Å². The number of hydrogen-bond acceptors (Lipinski definition) is 5. The quantitative estimate of drug-likeness (QED) is 0.553. The second-order valence-corrected chi connectivity index (χ2v) is 9.09. The van der Waals surface area contributed by atoms with E-state index in [2.05, 4.69) is 5.32 Å². The van der Waals surface area contributed by atoms with Crippen LogP contribution in [0.3, 0.4) is 0 Å². The summed E-state index contributed by atoms with van der Waals surface area (Å²) in [7, 11) is -0.960. The lowest BCUT2D eigenvalue weighted by Crippen LogP contribution is -2.38. The van der Waals surface area contributed by atoms with E-state index in [1.165, 1.54) is 14.2 Å². The summed E-state index contributed by atoms with van der Waals surface area (Å²) in [5.41, 5.74) is 2.27. The van der Waals surface area contributed by atoms with Crippen LogP contribution in [-0.2, 0) is 14.8 Å². The van der Waals surface area contributed by atoms with Crippen LogP contribution in [-0.4, -0.2) is 35.1 Å². The van der Waals surface area contributed by atoms with Crippen molar-refractivity contribution in [2.75, 3.05) is 30.4 Å². The lowest BCUT2D eigenvalue weighted by atomic mass is 10.2. The number of anilines is 2. The number of aryl methyl sites for hydroxylation is 2. The zero-order valence-electron chi connectivity index (χ0n) is 18.5. The van der Waals surface area contributed by atoms with Crippen LogP contribution in [0, 0.1) is 13.8 Å². The number of methoxy groups -OCH3 is 2. The van der Waals surface area contributed by atoms with Crippen molar-refractivity contribution in [2.24, 2.45) is 0 Å². The van der Waals surface area contributed by atoms with Crippen LogP contribution in [0.5, 0.6) is 11.5 Å². The SMILES string of the molecule is COc1ccc(N(CC(=O)Nc2cccc(OC)c2)S(=O)(=O)c2cc(C)ccc2C)cc1. The van der Waals surface area contributed by atoms with Gasteiger partial charge in [-0.15, -0.1) is 0 Å². The van der Waals surface area contributed by atoms with Crippen molar-refractivity contribution >= 4 is 27.3 Å². The molecule has 0 saturated heterocycles. The Morgan fingerprint density at radius 3 is 2.25 bits per heavy atom. The Labute approximate surface area is 188 Å². The predicted molar refractivity (Wildman–Crippen MR) is 125 cm³/mol. The average Bonchev–Trinajstić information content (AvgIpc) is 2.79. The maximum absolute atomic E-state index is 13.6. The van der Waals surface area contributed by atoms with Crippen LogP contribution in [0.1, 0.15) is 11.1 Å². The van der Waals surface area contributed by atoms with Crippen LogP contribution in [0.25, 0.3) is 0 Å². The molecule has 3 aromatic rings. The molecule has 0 unspecified atom stereocenters. The molecule has 0 bridgehead atoms. The van der Waals surface area contributed by atoms with Gasteiger partial charge in [0.1, 0.15) is 18.0 Å². The molecule has 0 aliphatic carbocycles. The van der Waals surface area contributed by atoms with E-state index < -0.39 is 22.5 Å². The number of amides is 1. The molecule has 0 atom stereocenters. The molecular formula is C24H26N2O5S. The monoisotopic (exact) mass is 454 g/mol. The van der Waals surface area contributed by atoms with Crippen molar-refractivity contribution < 1.29 is 22.7 Å². The molecule has 8 heteroatoms. The highest BCUT2D eigenvalue weighted by Crippen LogP contribution is 2.28. The highest BCUT2D eigenvalue weighted by atomic mass is 32.2. The first kappa shape index (κ1) is 23.1. The molecule has 3 rings (SSSR count). The Morgan fingerprint density at radius 1 is 0.906 bits per heavy atom. The lowest BCUT2D eigenvalue weighted by Gasteiger charge is -2.25. The molecule has 3 aromatic carbocycles. The summed E-state index contributed by atoms with van der Waals surface area (Å²) < 4.78 is 38.7. The molecule has 1 amide bonds. The molecule has 7 nitrogen and oxygen atoms in total. The molecule has 168 valence electrons. The van der Waals surface area contributed by atoms with E-state index >= 15 is 0 Å². The first-order valence-electron chi connectivity index (χ1n) is 9.92. The number of rotatable bonds is 8. The Hall–Kier alpha value is -3.52. The number of ether oxygens (including phenoxy) is 2. The fraction of sp³-hybridized carbons (Fsp3) is 0.208. The summed E-state index contributed by atoms with van der Waals surface area (Å²) in [5, 5.41) is 2.74. The van der Waals surface area contributed by atoms with Gasteiger partial charge in [0.15, 0.2) is 0 Å². The van der Waals surface area contributed by atoms with Crippen molar-refractivity contribution in [1.82, 2.24) is 0 Å². The van der Waals surface area contributed by atoms with Gasteiger partial charge in [-0.3, -0.25) is 9.10 Å². The van der Waals surface area contributed by atoms with E-state index in [1.54, 1.807) is 67.6 Å². The van der Waals surface area contributed by atoms with Crippen molar-refractivity contribution in [3.8, 4) is 11.5 Å². The minimum Gasteiger partial charge on any atom is -0.497 e. The third-order valence-electron chi connectivity index (χ3n) is 4.91. The first-order chi connectivity index (χ1) is 15.2. The van der Waals surface area contributed by atoms with E-state index in [9.17, 15) is 13.2 Å². The smallest absolute Gasteiger partial charge is 0.265 e. The largest absolute Gasteiger partial charge is 0.497 e. The molecule has 1 N–H and O–H groups in total. The number of nitrogens with one attached hydrogen (secondary N) is 1. The number of carbonyl (C=O) groups is 1. The van der Waals surface area contributed by atoms with Gasteiger partial charge in [-0.05, 0) is 67.4 Å². The minimum atomic E-state index is -4.02. The maximum Gasteiger partial charge on any atom is 0.265 e. The molecule has 0 fully saturated rings. The fourth-order valence-electron chi connectivity index (χ4n) is 3.20. The summed E-state index contributed by atoms with van der Waals surface area (Å²) in [6.45, 7) is 3.15. The van der Waals surface area contributed by atoms with Gasteiger partial charge in [0.05, 0.1) is 24.8 Å². The Bertz CT molecular complexity index is 1210. The van der Waals surface area contributed by atoms with Crippen LogP contribution in [0.15, 0.2) is 71.6 Å². The lowest BCUT2D eigenvalue weighted by molar-refractivity contribution is -0.114. The van der Waals surface area contributed by atoms with Crippen LogP contribution < -0.4 is 19.1 Å². The molecule has 0 aromatic heterocycles. The predicted octanol–water partition coefficient (Wildman–Crippen LogP) is 4.15. The van der Waals surface area contributed by atoms with Gasteiger partial charge in [0.2, 0.25) is 5.91 Å².